The third-order valence-corrected chi connectivity index (χ3v) is 5.87. The Balaban J connectivity index is 1.37. The second kappa shape index (κ2) is 6.92. The number of anilines is 1. The van der Waals surface area contributed by atoms with Crippen LogP contribution in [0.2, 0.25) is 0 Å². The van der Waals surface area contributed by atoms with Gasteiger partial charge in [-0.15, -0.1) is 0 Å². The van der Waals surface area contributed by atoms with Crippen LogP contribution in [0.4, 0.5) is 5.69 Å². The summed E-state index contributed by atoms with van der Waals surface area (Å²) >= 11 is 0. The summed E-state index contributed by atoms with van der Waals surface area (Å²) in [5, 5.41) is 2.09. The molecule has 1 N–H and O–H groups in total. The lowest BCUT2D eigenvalue weighted by Crippen LogP contribution is -2.49. The molecule has 0 unspecified atom stereocenters. The number of rotatable bonds is 2. The number of benzene rings is 2. The summed E-state index contributed by atoms with van der Waals surface area (Å²) < 4.78 is 0. The Hall–Kier alpha value is -3.34. The first-order valence-electron chi connectivity index (χ1n) is 10.1. The molecule has 2 aromatic carbocycles. The third-order valence-electron chi connectivity index (χ3n) is 5.87. The van der Waals surface area contributed by atoms with E-state index >= 15 is 0 Å². The third kappa shape index (κ3) is 3.12. The number of aromatic nitrogens is 2. The Kier molecular flexibility index (Phi) is 4.23. The zero-order valence-corrected chi connectivity index (χ0v) is 16.8. The maximum Gasteiger partial charge on any atom is 0.270 e. The number of aromatic amines is 1. The predicted molar refractivity (Wildman–Crippen MR) is 118 cm³/mol. The number of nitrogens with zero attached hydrogens (tertiary/aromatic N) is 3. The number of hydrogen-bond donors (Lipinski definition) is 1. The van der Waals surface area contributed by atoms with E-state index < -0.39 is 0 Å². The van der Waals surface area contributed by atoms with Gasteiger partial charge in [0, 0.05) is 48.8 Å². The summed E-state index contributed by atoms with van der Waals surface area (Å²) in [7, 11) is 0. The minimum atomic E-state index is 0.0610. The summed E-state index contributed by atoms with van der Waals surface area (Å²) in [5.74, 6) is 0.0610. The topological polar surface area (TPSA) is 52.2 Å². The molecule has 5 heteroatoms. The van der Waals surface area contributed by atoms with Gasteiger partial charge < -0.3 is 14.8 Å². The lowest BCUT2D eigenvalue weighted by atomic mass is 10.1. The van der Waals surface area contributed by atoms with Crippen LogP contribution >= 0.6 is 0 Å². The zero-order chi connectivity index (χ0) is 20.0. The normalized spacial score (nSPS) is 14.7. The van der Waals surface area contributed by atoms with Crippen LogP contribution in [0.5, 0.6) is 0 Å². The van der Waals surface area contributed by atoms with Crippen LogP contribution in [0.15, 0.2) is 54.7 Å². The lowest BCUT2D eigenvalue weighted by molar-refractivity contribution is 0.0742. The number of piperazine rings is 1. The van der Waals surface area contributed by atoms with Crippen molar-refractivity contribution in [3.05, 3.63) is 71.5 Å². The number of hydrogen-bond acceptors (Lipinski definition) is 3. The molecule has 0 atom stereocenters. The number of pyridine rings is 1. The minimum absolute atomic E-state index is 0.0610. The minimum Gasteiger partial charge on any atom is -0.368 e. The van der Waals surface area contributed by atoms with E-state index in [-0.39, 0.29) is 5.91 Å². The first kappa shape index (κ1) is 17.7. The number of amides is 1. The van der Waals surface area contributed by atoms with Crippen LogP contribution in [0.3, 0.4) is 0 Å². The Morgan fingerprint density at radius 1 is 0.966 bits per heavy atom. The molecule has 1 saturated heterocycles. The molecule has 1 amide bonds. The number of carbonyl (C=O) groups is 1. The largest absolute Gasteiger partial charge is 0.368 e. The van der Waals surface area contributed by atoms with E-state index in [2.05, 4.69) is 53.0 Å². The van der Waals surface area contributed by atoms with Crippen molar-refractivity contribution < 1.29 is 4.79 Å². The molecule has 1 aliphatic heterocycles. The molecule has 5 rings (SSSR count). The fraction of sp³-hybridized carbons (Fsp3) is 0.250. The lowest BCUT2D eigenvalue weighted by Gasteiger charge is -2.36. The van der Waals surface area contributed by atoms with Gasteiger partial charge in [-0.1, -0.05) is 30.3 Å². The van der Waals surface area contributed by atoms with Gasteiger partial charge in [-0.2, -0.15) is 0 Å². The van der Waals surface area contributed by atoms with Crippen molar-refractivity contribution in [2.75, 3.05) is 31.1 Å². The van der Waals surface area contributed by atoms with Crippen molar-refractivity contribution in [3.63, 3.8) is 0 Å². The number of aryl methyl sites for hydroxylation is 2. The average molecular weight is 384 g/mol. The fourth-order valence-corrected chi connectivity index (χ4v) is 4.23. The summed E-state index contributed by atoms with van der Waals surface area (Å²) in [6, 6.07) is 16.6. The van der Waals surface area contributed by atoms with E-state index in [1.54, 1.807) is 6.20 Å². The number of fused-ring (bicyclic) bond motifs is 3. The molecular formula is C24H24N4O. The summed E-state index contributed by atoms with van der Waals surface area (Å²) in [4.78, 5) is 25.3. The molecule has 29 heavy (non-hydrogen) atoms. The molecule has 0 radical (unpaired) electrons. The smallest absolute Gasteiger partial charge is 0.270 e. The van der Waals surface area contributed by atoms with Crippen molar-refractivity contribution in [1.82, 2.24) is 14.9 Å². The Bertz CT molecular complexity index is 1220. The Morgan fingerprint density at radius 2 is 1.76 bits per heavy atom. The summed E-state index contributed by atoms with van der Waals surface area (Å²) in [5.41, 5.74) is 6.30. The van der Waals surface area contributed by atoms with Crippen LogP contribution in [-0.2, 0) is 0 Å². The first-order chi connectivity index (χ1) is 14.1. The zero-order valence-electron chi connectivity index (χ0n) is 16.8. The Labute approximate surface area is 170 Å². The SMILES string of the molecule is Cc1ccc(C)c(N2CCN(C(=O)c3cc4ccc5cccnc5c4[nH]3)CC2)c1. The number of nitrogens with one attached hydrogen (secondary N) is 1. The average Bonchev–Trinajstić information content (AvgIpc) is 3.20. The molecule has 0 spiro atoms. The molecular weight excluding hydrogens is 360 g/mol. The predicted octanol–water partition coefficient (Wildman–Crippen LogP) is 4.30. The highest BCUT2D eigenvalue weighted by Crippen LogP contribution is 2.26. The summed E-state index contributed by atoms with van der Waals surface area (Å²) in [6.07, 6.45) is 1.79. The molecule has 0 aliphatic carbocycles. The molecule has 1 fully saturated rings. The van der Waals surface area contributed by atoms with Crippen molar-refractivity contribution in [2.24, 2.45) is 0 Å². The van der Waals surface area contributed by atoms with Crippen LogP contribution in [-0.4, -0.2) is 47.0 Å². The maximum atomic E-state index is 13.1. The monoisotopic (exact) mass is 384 g/mol. The van der Waals surface area contributed by atoms with Gasteiger partial charge in [0.1, 0.15) is 5.69 Å². The van der Waals surface area contributed by atoms with Crippen LogP contribution in [0, 0.1) is 13.8 Å². The highest BCUT2D eigenvalue weighted by molar-refractivity contribution is 6.07. The highest BCUT2D eigenvalue weighted by atomic mass is 16.2. The van der Waals surface area contributed by atoms with Gasteiger partial charge in [-0.25, -0.2) is 0 Å². The first-order valence-corrected chi connectivity index (χ1v) is 10.1. The quantitative estimate of drug-likeness (QED) is 0.561. The van der Waals surface area contributed by atoms with Crippen molar-refractivity contribution >= 4 is 33.4 Å². The molecule has 0 bridgehead atoms. The molecule has 2 aromatic heterocycles. The van der Waals surface area contributed by atoms with E-state index in [0.717, 1.165) is 48.0 Å². The molecule has 1 aliphatic rings. The molecule has 4 aromatic rings. The summed E-state index contributed by atoms with van der Waals surface area (Å²) in [6.45, 7) is 7.41. The second-order valence-electron chi connectivity index (χ2n) is 7.86. The van der Waals surface area contributed by atoms with E-state index in [1.807, 2.05) is 29.2 Å². The second-order valence-corrected chi connectivity index (χ2v) is 7.86. The van der Waals surface area contributed by atoms with Gasteiger partial charge in [-0.05, 0) is 43.2 Å². The van der Waals surface area contributed by atoms with Crippen molar-refractivity contribution in [2.45, 2.75) is 13.8 Å². The van der Waals surface area contributed by atoms with E-state index in [1.165, 1.54) is 16.8 Å². The molecule has 146 valence electrons. The highest BCUT2D eigenvalue weighted by Gasteiger charge is 2.24. The maximum absolute atomic E-state index is 13.1. The van der Waals surface area contributed by atoms with Crippen LogP contribution in [0.1, 0.15) is 21.6 Å². The van der Waals surface area contributed by atoms with Gasteiger partial charge in [0.05, 0.1) is 11.0 Å². The Morgan fingerprint density at radius 3 is 2.59 bits per heavy atom. The van der Waals surface area contributed by atoms with Gasteiger partial charge >= 0.3 is 0 Å². The van der Waals surface area contributed by atoms with Crippen LogP contribution in [0.25, 0.3) is 21.8 Å². The molecule has 3 heterocycles. The van der Waals surface area contributed by atoms with Gasteiger partial charge in [0.15, 0.2) is 0 Å². The molecule has 5 nitrogen and oxygen atoms in total. The standard InChI is InChI=1S/C24H24N4O/c1-16-5-6-17(2)21(14-16)27-10-12-28(13-11-27)24(29)20-15-19-8-7-18-4-3-9-25-22(18)23(19)26-20/h3-9,14-15,26H,10-13H2,1-2H3. The number of H-pyrrole nitrogens is 1. The van der Waals surface area contributed by atoms with Gasteiger partial charge in [-0.3, -0.25) is 9.78 Å². The van der Waals surface area contributed by atoms with E-state index in [4.69, 9.17) is 0 Å². The molecule has 0 saturated carbocycles. The van der Waals surface area contributed by atoms with Gasteiger partial charge in [0.25, 0.3) is 5.91 Å². The van der Waals surface area contributed by atoms with Crippen molar-refractivity contribution in [3.8, 4) is 0 Å². The number of carbonyl (C=O) groups excluding carboxylic acids is 1. The van der Waals surface area contributed by atoms with E-state index in [9.17, 15) is 4.79 Å². The fourth-order valence-electron chi connectivity index (χ4n) is 4.23. The van der Waals surface area contributed by atoms with E-state index in [0.29, 0.717) is 5.69 Å². The van der Waals surface area contributed by atoms with Gasteiger partial charge in [0.2, 0.25) is 0 Å². The van der Waals surface area contributed by atoms with Crippen LogP contribution < -0.4 is 4.90 Å². The van der Waals surface area contributed by atoms with Crippen molar-refractivity contribution in [1.29, 1.82) is 0 Å².